The second-order valence-corrected chi connectivity index (χ2v) is 7.19. The van der Waals surface area contributed by atoms with Gasteiger partial charge in [-0.15, -0.1) is 0 Å². The summed E-state index contributed by atoms with van der Waals surface area (Å²) in [5.41, 5.74) is 8.21. The number of aryl methyl sites for hydroxylation is 1. The number of rotatable bonds is 2. The van der Waals surface area contributed by atoms with Gasteiger partial charge < -0.3 is 10.5 Å². The fourth-order valence-corrected chi connectivity index (χ4v) is 2.69. The summed E-state index contributed by atoms with van der Waals surface area (Å²) in [6.07, 6.45) is 7.04. The molecule has 132 valence electrons. The van der Waals surface area contributed by atoms with Crippen LogP contribution in [-0.4, -0.2) is 37.9 Å². The van der Waals surface area contributed by atoms with Gasteiger partial charge in [-0.25, -0.2) is 9.78 Å². The summed E-state index contributed by atoms with van der Waals surface area (Å²) in [6, 6.07) is 3.81. The van der Waals surface area contributed by atoms with Gasteiger partial charge in [0.1, 0.15) is 11.4 Å². The lowest BCUT2D eigenvalue weighted by molar-refractivity contribution is 0.0345. The van der Waals surface area contributed by atoms with E-state index in [-0.39, 0.29) is 12.0 Å². The van der Waals surface area contributed by atoms with E-state index in [1.165, 1.54) is 0 Å². The minimum atomic E-state index is -0.522. The molecular weight excluding hydrogens is 318 g/mol. The molecule has 2 N–H and O–H groups in total. The molecule has 3 rings (SSSR count). The molecule has 2 aromatic heterocycles. The Morgan fingerprint density at radius 1 is 1.32 bits per heavy atom. The van der Waals surface area contributed by atoms with E-state index in [1.54, 1.807) is 22.0 Å². The number of pyridine rings is 1. The number of nitrogens with zero attached hydrogens (tertiary/aromatic N) is 4. The van der Waals surface area contributed by atoms with Crippen LogP contribution in [0.25, 0.3) is 11.1 Å². The zero-order valence-electron chi connectivity index (χ0n) is 14.9. The largest absolute Gasteiger partial charge is 0.443 e. The fourth-order valence-electron chi connectivity index (χ4n) is 2.69. The van der Waals surface area contributed by atoms with E-state index < -0.39 is 5.60 Å². The van der Waals surface area contributed by atoms with Crippen LogP contribution in [0.2, 0.25) is 0 Å². The van der Waals surface area contributed by atoms with Crippen LogP contribution < -0.4 is 5.73 Å². The summed E-state index contributed by atoms with van der Waals surface area (Å²) < 4.78 is 7.15. The number of anilines is 1. The van der Waals surface area contributed by atoms with Crippen molar-refractivity contribution < 1.29 is 9.53 Å². The maximum Gasteiger partial charge on any atom is 0.414 e. The van der Waals surface area contributed by atoms with Crippen LogP contribution in [0.15, 0.2) is 36.8 Å². The van der Waals surface area contributed by atoms with Crippen molar-refractivity contribution in [1.29, 1.82) is 0 Å². The molecule has 0 aromatic carbocycles. The Hall–Kier alpha value is -2.83. The van der Waals surface area contributed by atoms with E-state index in [2.05, 4.69) is 10.1 Å². The van der Waals surface area contributed by atoms with Crippen molar-refractivity contribution in [3.63, 3.8) is 0 Å². The van der Waals surface area contributed by atoms with Crippen molar-refractivity contribution in [3.8, 4) is 11.1 Å². The molecule has 0 saturated heterocycles. The number of aromatic nitrogens is 3. The van der Waals surface area contributed by atoms with Gasteiger partial charge in [-0.1, -0.05) is 6.08 Å². The average molecular weight is 341 g/mol. The predicted molar refractivity (Wildman–Crippen MR) is 95.7 cm³/mol. The molecular formula is C18H23N5O2. The smallest absolute Gasteiger partial charge is 0.414 e. The third-order valence-corrected chi connectivity index (χ3v) is 3.80. The molecule has 0 bridgehead atoms. The normalized spacial score (nSPS) is 17.1. The summed E-state index contributed by atoms with van der Waals surface area (Å²) in [5.74, 6) is 0.423. The van der Waals surface area contributed by atoms with Crippen molar-refractivity contribution >= 4 is 11.9 Å². The Morgan fingerprint density at radius 2 is 2.08 bits per heavy atom. The van der Waals surface area contributed by atoms with Crippen molar-refractivity contribution in [2.45, 2.75) is 32.3 Å². The van der Waals surface area contributed by atoms with Gasteiger partial charge in [0, 0.05) is 37.5 Å². The van der Waals surface area contributed by atoms with Crippen LogP contribution in [0.1, 0.15) is 32.4 Å². The Morgan fingerprint density at radius 3 is 2.72 bits per heavy atom. The Balaban J connectivity index is 1.78. The molecule has 1 aliphatic heterocycles. The Bertz CT molecular complexity index is 819. The summed E-state index contributed by atoms with van der Waals surface area (Å²) in [4.78, 5) is 18.2. The number of nitrogens with two attached hydrogens (primary N) is 1. The van der Waals surface area contributed by atoms with Crippen LogP contribution >= 0.6 is 0 Å². The highest BCUT2D eigenvalue weighted by molar-refractivity contribution is 5.70. The number of carbonyl (C=O) groups excluding carboxylic acids is 1. The minimum absolute atomic E-state index is 0.0218. The van der Waals surface area contributed by atoms with Crippen LogP contribution in [0.5, 0.6) is 0 Å². The zero-order valence-corrected chi connectivity index (χ0v) is 14.9. The Labute approximate surface area is 147 Å². The van der Waals surface area contributed by atoms with E-state index in [4.69, 9.17) is 10.5 Å². The standard InChI is InChI=1S/C18H23N5O2/c1-18(2,3)25-17(24)23-6-5-12(11-23)15-7-13(8-16(19)21-15)14-9-20-22(4)10-14/h5-10,12H,11H2,1-4H3,(H2,19,21). The monoisotopic (exact) mass is 341 g/mol. The van der Waals surface area contributed by atoms with Gasteiger partial charge in [0.05, 0.1) is 11.9 Å². The van der Waals surface area contributed by atoms with Crippen LogP contribution in [0.3, 0.4) is 0 Å². The summed E-state index contributed by atoms with van der Waals surface area (Å²) in [5, 5.41) is 4.19. The number of hydrogen-bond donors (Lipinski definition) is 1. The van der Waals surface area contributed by atoms with Gasteiger partial charge in [0.2, 0.25) is 0 Å². The molecule has 0 fully saturated rings. The van der Waals surface area contributed by atoms with Crippen molar-refractivity contribution in [3.05, 3.63) is 42.5 Å². The van der Waals surface area contributed by atoms with Crippen molar-refractivity contribution in [2.24, 2.45) is 7.05 Å². The number of hydrogen-bond acceptors (Lipinski definition) is 5. The first-order chi connectivity index (χ1) is 11.7. The molecule has 0 spiro atoms. The molecule has 25 heavy (non-hydrogen) atoms. The molecule has 0 saturated carbocycles. The lowest BCUT2D eigenvalue weighted by Gasteiger charge is -2.24. The zero-order chi connectivity index (χ0) is 18.2. The third kappa shape index (κ3) is 3.99. The molecule has 1 unspecified atom stereocenters. The van der Waals surface area contributed by atoms with E-state index >= 15 is 0 Å². The lowest BCUT2D eigenvalue weighted by atomic mass is 10.0. The maximum absolute atomic E-state index is 12.2. The van der Waals surface area contributed by atoms with Gasteiger partial charge in [-0.05, 0) is 38.5 Å². The molecule has 2 aromatic rings. The second-order valence-electron chi connectivity index (χ2n) is 7.19. The number of nitrogen functional groups attached to an aromatic ring is 1. The molecule has 0 radical (unpaired) electrons. The molecule has 7 nitrogen and oxygen atoms in total. The van der Waals surface area contributed by atoms with Gasteiger partial charge >= 0.3 is 6.09 Å². The molecule has 1 amide bonds. The van der Waals surface area contributed by atoms with Crippen molar-refractivity contribution in [1.82, 2.24) is 19.7 Å². The van der Waals surface area contributed by atoms with Gasteiger partial charge in [0.15, 0.2) is 0 Å². The average Bonchev–Trinajstić information content (AvgIpc) is 3.13. The third-order valence-electron chi connectivity index (χ3n) is 3.80. The fraction of sp³-hybridized carbons (Fsp3) is 0.389. The number of carbonyl (C=O) groups is 1. The first-order valence-corrected chi connectivity index (χ1v) is 8.16. The topological polar surface area (TPSA) is 86.3 Å². The second kappa shape index (κ2) is 6.23. The summed E-state index contributed by atoms with van der Waals surface area (Å²) >= 11 is 0. The van der Waals surface area contributed by atoms with E-state index in [0.717, 1.165) is 16.8 Å². The quantitative estimate of drug-likeness (QED) is 0.907. The first kappa shape index (κ1) is 17.0. The first-order valence-electron chi connectivity index (χ1n) is 8.16. The summed E-state index contributed by atoms with van der Waals surface area (Å²) in [7, 11) is 1.87. The predicted octanol–water partition coefficient (Wildman–Crippen LogP) is 2.91. The number of ether oxygens (including phenoxy) is 1. The highest BCUT2D eigenvalue weighted by Crippen LogP contribution is 2.29. The van der Waals surface area contributed by atoms with E-state index in [9.17, 15) is 4.79 Å². The highest BCUT2D eigenvalue weighted by Gasteiger charge is 2.27. The lowest BCUT2D eigenvalue weighted by Crippen LogP contribution is -2.33. The Kier molecular flexibility index (Phi) is 4.24. The SMILES string of the molecule is Cn1cc(-c2cc(N)nc(C3C=CN(C(=O)OC(C)(C)C)C3)c2)cn1. The molecule has 7 heteroatoms. The molecule has 1 atom stereocenters. The van der Waals surface area contributed by atoms with Crippen LogP contribution in [-0.2, 0) is 11.8 Å². The molecule has 0 aliphatic carbocycles. The molecule has 3 heterocycles. The van der Waals surface area contributed by atoms with Gasteiger partial charge in [-0.2, -0.15) is 5.10 Å². The minimum Gasteiger partial charge on any atom is -0.443 e. The van der Waals surface area contributed by atoms with Crippen LogP contribution in [0.4, 0.5) is 10.6 Å². The number of amides is 1. The molecule has 1 aliphatic rings. The maximum atomic E-state index is 12.2. The highest BCUT2D eigenvalue weighted by atomic mass is 16.6. The van der Waals surface area contributed by atoms with E-state index in [1.807, 2.05) is 52.2 Å². The van der Waals surface area contributed by atoms with Gasteiger partial charge in [-0.3, -0.25) is 9.58 Å². The summed E-state index contributed by atoms with van der Waals surface area (Å²) in [6.45, 7) is 6.03. The van der Waals surface area contributed by atoms with Gasteiger partial charge in [0.25, 0.3) is 0 Å². The van der Waals surface area contributed by atoms with Crippen LogP contribution in [0, 0.1) is 0 Å². The van der Waals surface area contributed by atoms with E-state index in [0.29, 0.717) is 12.4 Å². The van der Waals surface area contributed by atoms with Crippen molar-refractivity contribution in [2.75, 3.05) is 12.3 Å².